The number of carbonyl (C=O) groups excluding carboxylic acids is 4. The molecule has 1 saturated carbocycles. The van der Waals surface area contributed by atoms with Crippen molar-refractivity contribution in [1.82, 2.24) is 4.90 Å². The fraction of sp³-hybridized carbons (Fsp3) is 0.400. The summed E-state index contributed by atoms with van der Waals surface area (Å²) in [6, 6.07) is 2.99. The van der Waals surface area contributed by atoms with Gasteiger partial charge in [-0.1, -0.05) is 39.2 Å². The number of hydrogen-bond donors (Lipinski definition) is 1. The Bertz CT molecular complexity index is 1810. The number of phenols is 1. The Hall–Kier alpha value is -3.01. The number of aromatic hydroxyl groups is 1. The number of benzene rings is 2. The van der Waals surface area contributed by atoms with Crippen LogP contribution in [0, 0.1) is 17.8 Å². The van der Waals surface area contributed by atoms with Crippen LogP contribution in [0.5, 0.6) is 11.5 Å². The summed E-state index contributed by atoms with van der Waals surface area (Å²) < 4.78 is 87.3. The maximum absolute atomic E-state index is 14.1. The number of anilines is 1. The number of allylic oxidation sites excluding steroid dienone is 2. The second-order valence-corrected chi connectivity index (χ2v) is 14.0. The molecule has 256 valence electrons. The topological polar surface area (TPSA) is 104 Å². The number of rotatable bonds is 4. The summed E-state index contributed by atoms with van der Waals surface area (Å²) in [5, 5.41) is 10.2. The third-order valence-electron chi connectivity index (χ3n) is 9.45. The zero-order valence-electron chi connectivity index (χ0n) is 24.1. The van der Waals surface area contributed by atoms with Gasteiger partial charge in [0, 0.05) is 5.92 Å². The van der Waals surface area contributed by atoms with E-state index in [1.165, 1.54) is 25.3 Å². The minimum absolute atomic E-state index is 0.125. The van der Waals surface area contributed by atoms with Crippen LogP contribution >= 0.6 is 50.7 Å². The molecule has 4 aliphatic rings. The molecule has 2 aliphatic carbocycles. The Labute approximate surface area is 290 Å². The van der Waals surface area contributed by atoms with Gasteiger partial charge in [-0.3, -0.25) is 24.1 Å². The Balaban J connectivity index is 1.53. The lowest BCUT2D eigenvalue weighted by Crippen LogP contribution is -2.60. The van der Waals surface area contributed by atoms with Gasteiger partial charge < -0.3 is 9.84 Å². The van der Waals surface area contributed by atoms with E-state index in [2.05, 4.69) is 15.9 Å². The van der Waals surface area contributed by atoms with Crippen LogP contribution in [0.3, 0.4) is 0 Å². The molecule has 6 atom stereocenters. The number of hydrogen-bond acceptors (Lipinski definition) is 6. The van der Waals surface area contributed by atoms with Gasteiger partial charge >= 0.3 is 12.4 Å². The maximum Gasteiger partial charge on any atom is 0.416 e. The maximum atomic E-state index is 14.1. The van der Waals surface area contributed by atoms with Crippen LogP contribution < -0.4 is 9.64 Å². The average Bonchev–Trinajstić information content (AvgIpc) is 3.34. The lowest BCUT2D eigenvalue weighted by atomic mass is 9.56. The van der Waals surface area contributed by atoms with E-state index < -0.39 is 98.4 Å². The molecule has 6 rings (SSSR count). The summed E-state index contributed by atoms with van der Waals surface area (Å²) in [4.78, 5) is 52.0. The van der Waals surface area contributed by atoms with E-state index in [0.29, 0.717) is 4.90 Å². The molecule has 6 unspecified atom stereocenters. The first kappa shape index (κ1) is 34.8. The van der Waals surface area contributed by atoms with E-state index >= 15 is 0 Å². The minimum atomic E-state index is -5.25. The molecule has 4 amide bonds. The SMILES string of the molecule is COc1cc(C2C3=CCC4C(=O)N(c5cc(C(F)(F)F)cc(C(F)(F)F)c5)C(=O)C4C3CC3(Cl)C(=O)N(CBr)C(=O)C23Cl)cc(Cl)c1O. The Kier molecular flexibility index (Phi) is 8.17. The van der Waals surface area contributed by atoms with Crippen LogP contribution in [-0.4, -0.2) is 55.9 Å². The number of fused-ring (bicyclic) bond motifs is 4. The van der Waals surface area contributed by atoms with Crippen molar-refractivity contribution < 1.29 is 55.4 Å². The van der Waals surface area contributed by atoms with E-state index in [4.69, 9.17) is 39.5 Å². The minimum Gasteiger partial charge on any atom is -0.503 e. The van der Waals surface area contributed by atoms with Crippen LogP contribution in [0.2, 0.25) is 5.02 Å². The van der Waals surface area contributed by atoms with Crippen molar-refractivity contribution in [2.24, 2.45) is 17.8 Å². The zero-order valence-corrected chi connectivity index (χ0v) is 27.9. The summed E-state index contributed by atoms with van der Waals surface area (Å²) in [7, 11) is 1.22. The summed E-state index contributed by atoms with van der Waals surface area (Å²) in [5.74, 6) is -9.81. The first-order chi connectivity index (χ1) is 22.2. The van der Waals surface area contributed by atoms with Crippen molar-refractivity contribution in [2.75, 3.05) is 17.5 Å². The van der Waals surface area contributed by atoms with Crippen molar-refractivity contribution >= 4 is 80.0 Å². The van der Waals surface area contributed by atoms with Crippen molar-refractivity contribution in [2.45, 2.75) is 40.9 Å². The normalized spacial score (nSPS) is 30.4. The van der Waals surface area contributed by atoms with Crippen LogP contribution in [0.25, 0.3) is 0 Å². The smallest absolute Gasteiger partial charge is 0.416 e. The van der Waals surface area contributed by atoms with Crippen molar-refractivity contribution in [3.63, 3.8) is 0 Å². The quantitative estimate of drug-likeness (QED) is 0.117. The highest BCUT2D eigenvalue weighted by atomic mass is 79.9. The molecule has 48 heavy (non-hydrogen) atoms. The first-order valence-corrected chi connectivity index (χ1v) is 16.2. The molecule has 8 nitrogen and oxygen atoms in total. The molecule has 18 heteroatoms. The molecule has 3 fully saturated rings. The molecule has 2 aromatic carbocycles. The number of nitrogens with zero attached hydrogens (tertiary/aromatic N) is 2. The number of phenolic OH excluding ortho intramolecular Hbond substituents is 1. The lowest BCUT2D eigenvalue weighted by molar-refractivity contribution is -0.143. The van der Waals surface area contributed by atoms with Gasteiger partial charge in [-0.2, -0.15) is 26.3 Å². The van der Waals surface area contributed by atoms with E-state index in [1.807, 2.05) is 0 Å². The van der Waals surface area contributed by atoms with E-state index in [-0.39, 0.29) is 52.0 Å². The van der Waals surface area contributed by atoms with Gasteiger partial charge in [0.1, 0.15) is 0 Å². The molecule has 0 bridgehead atoms. The fourth-order valence-corrected chi connectivity index (χ4v) is 9.01. The van der Waals surface area contributed by atoms with Crippen molar-refractivity contribution in [1.29, 1.82) is 0 Å². The average molecular weight is 805 g/mol. The molecular weight excluding hydrogens is 785 g/mol. The van der Waals surface area contributed by atoms with Gasteiger partial charge in [-0.25, -0.2) is 4.90 Å². The van der Waals surface area contributed by atoms with Gasteiger partial charge in [0.25, 0.3) is 11.8 Å². The van der Waals surface area contributed by atoms with Crippen molar-refractivity contribution in [3.05, 3.63) is 63.7 Å². The third kappa shape index (κ3) is 4.78. The molecule has 0 aromatic heterocycles. The van der Waals surface area contributed by atoms with Crippen LogP contribution in [-0.2, 0) is 31.5 Å². The summed E-state index contributed by atoms with van der Waals surface area (Å²) in [6.07, 6.45) is -9.73. The van der Waals surface area contributed by atoms with Gasteiger partial charge in [0.05, 0.1) is 46.2 Å². The largest absolute Gasteiger partial charge is 0.503 e. The van der Waals surface area contributed by atoms with E-state index in [1.54, 1.807) is 0 Å². The molecule has 0 radical (unpaired) electrons. The number of halogens is 10. The summed E-state index contributed by atoms with van der Waals surface area (Å²) >= 11 is 23.6. The molecule has 1 N–H and O–H groups in total. The number of likely N-dealkylation sites (tertiary alicyclic amines) is 1. The van der Waals surface area contributed by atoms with Crippen LogP contribution in [0.1, 0.15) is 35.4 Å². The van der Waals surface area contributed by atoms with E-state index in [9.17, 15) is 50.6 Å². The highest BCUT2D eigenvalue weighted by Crippen LogP contribution is 2.66. The number of carbonyl (C=O) groups is 4. The van der Waals surface area contributed by atoms with Gasteiger partial charge in [0.2, 0.25) is 11.8 Å². The first-order valence-electron chi connectivity index (χ1n) is 14.0. The Morgan fingerprint density at radius 1 is 0.938 bits per heavy atom. The molecule has 2 heterocycles. The highest BCUT2D eigenvalue weighted by molar-refractivity contribution is 9.09. The van der Waals surface area contributed by atoms with Gasteiger partial charge in [-0.05, 0) is 54.7 Å². The number of imide groups is 2. The monoisotopic (exact) mass is 802 g/mol. The van der Waals surface area contributed by atoms with Gasteiger partial charge in [-0.15, -0.1) is 23.2 Å². The van der Waals surface area contributed by atoms with Crippen molar-refractivity contribution in [3.8, 4) is 11.5 Å². The molecule has 2 aliphatic heterocycles. The van der Waals surface area contributed by atoms with Gasteiger partial charge in [0.15, 0.2) is 21.2 Å². The molecular formula is C30H20BrCl3F6N2O6. The third-order valence-corrected chi connectivity index (χ3v) is 11.7. The van der Waals surface area contributed by atoms with Crippen LogP contribution in [0.4, 0.5) is 32.0 Å². The molecule has 0 spiro atoms. The second kappa shape index (κ2) is 11.3. The second-order valence-electron chi connectivity index (χ2n) is 11.8. The number of alkyl halides is 9. The molecule has 2 saturated heterocycles. The highest BCUT2D eigenvalue weighted by Gasteiger charge is 2.76. The predicted molar refractivity (Wildman–Crippen MR) is 162 cm³/mol. The van der Waals surface area contributed by atoms with E-state index in [0.717, 1.165) is 4.90 Å². The number of ether oxygens (including phenoxy) is 1. The Morgan fingerprint density at radius 2 is 1.54 bits per heavy atom. The predicted octanol–water partition coefficient (Wildman–Crippen LogP) is 7.01. The lowest BCUT2D eigenvalue weighted by Gasteiger charge is -2.50. The summed E-state index contributed by atoms with van der Waals surface area (Å²) in [5.41, 5.74) is -4.33. The zero-order chi connectivity index (χ0) is 35.5. The standard InChI is InChI=1S/C30H20BrCl3F6N2O6/c1-48-19-5-11(4-18(32)22(19)43)21-15-2-3-16-20(17(15)9-27(33)25(46)41(10-31)26(47)28(21,27)34)24(45)42(23(16)44)14-7-12(29(35,36)37)6-13(8-14)30(38,39)40/h2,4-8,16-17,20-21,43H,3,9-10H2,1H3. The Morgan fingerprint density at radius 3 is 2.08 bits per heavy atom. The fourth-order valence-electron chi connectivity index (χ4n) is 7.36. The number of amides is 4. The number of methoxy groups -OCH3 is 1. The molecule has 2 aromatic rings. The summed E-state index contributed by atoms with van der Waals surface area (Å²) in [6.45, 7) is 0. The van der Waals surface area contributed by atoms with Crippen LogP contribution in [0.15, 0.2) is 42.0 Å².